The van der Waals surface area contributed by atoms with Crippen LogP contribution in [0.2, 0.25) is 10.3 Å². The van der Waals surface area contributed by atoms with E-state index in [-0.39, 0.29) is 22.5 Å². The molecule has 0 atom stereocenters. The average molecular weight is 307 g/mol. The Hall–Kier alpha value is -2.09. The summed E-state index contributed by atoms with van der Waals surface area (Å²) in [6.07, 6.45) is 1.16. The molecular weight excluding hydrogens is 299 g/mol. The van der Waals surface area contributed by atoms with Gasteiger partial charge in [0.05, 0.1) is 0 Å². The Bertz CT molecular complexity index is 658. The van der Waals surface area contributed by atoms with Crippen LogP contribution in [0.1, 0.15) is 15.9 Å². The van der Waals surface area contributed by atoms with Crippen LogP contribution in [0.5, 0.6) is 0 Å². The summed E-state index contributed by atoms with van der Waals surface area (Å²) in [5.41, 5.74) is 0.778. The molecule has 0 amide bonds. The maximum atomic E-state index is 11.8. The third-order valence-corrected chi connectivity index (χ3v) is 2.81. The molecule has 0 fully saturated rings. The number of aromatic nitrogens is 2. The van der Waals surface area contributed by atoms with Crippen molar-refractivity contribution in [2.75, 3.05) is 6.61 Å². The molecule has 0 aliphatic rings. The minimum Gasteiger partial charge on any atom is -0.449 e. The van der Waals surface area contributed by atoms with Gasteiger partial charge in [-0.3, -0.25) is 0 Å². The molecule has 0 spiro atoms. The lowest BCUT2D eigenvalue weighted by Crippen LogP contribution is -2.08. The molecule has 1 aromatic heterocycles. The maximum Gasteiger partial charge on any atom is 0.345 e. The van der Waals surface area contributed by atoms with Crippen molar-refractivity contribution in [2.45, 2.75) is 0 Å². The second-order valence-corrected chi connectivity index (χ2v) is 4.29. The lowest BCUT2D eigenvalue weighted by atomic mass is 10.2. The molecule has 0 saturated carbocycles. The summed E-state index contributed by atoms with van der Waals surface area (Å²) in [4.78, 5) is 19.1. The molecule has 4 nitrogen and oxygen atoms in total. The summed E-state index contributed by atoms with van der Waals surface area (Å²) >= 11 is 11.5. The Morgan fingerprint density at radius 3 is 2.45 bits per heavy atom. The molecule has 6 heteroatoms. The normalized spacial score (nSPS) is 9.50. The zero-order valence-corrected chi connectivity index (χ0v) is 11.6. The average Bonchev–Trinajstić information content (AvgIpc) is 2.44. The quantitative estimate of drug-likeness (QED) is 0.486. The van der Waals surface area contributed by atoms with Crippen molar-refractivity contribution in [3.63, 3.8) is 0 Å². The Morgan fingerprint density at radius 1 is 1.15 bits per heavy atom. The molecule has 2 rings (SSSR count). The highest BCUT2D eigenvalue weighted by atomic mass is 35.5. The minimum absolute atomic E-state index is 0.0500. The molecule has 0 aliphatic carbocycles. The van der Waals surface area contributed by atoms with Gasteiger partial charge in [0.1, 0.15) is 22.2 Å². The van der Waals surface area contributed by atoms with Crippen LogP contribution in [-0.4, -0.2) is 22.5 Å². The number of benzene rings is 1. The first-order valence-electron chi connectivity index (χ1n) is 5.55. The Labute approximate surface area is 125 Å². The fourth-order valence-corrected chi connectivity index (χ4v) is 1.82. The molecule has 0 N–H and O–H groups in total. The van der Waals surface area contributed by atoms with Crippen LogP contribution >= 0.6 is 23.2 Å². The van der Waals surface area contributed by atoms with Crippen molar-refractivity contribution in [3.8, 4) is 11.8 Å². The molecule has 0 radical (unpaired) electrons. The van der Waals surface area contributed by atoms with Crippen molar-refractivity contribution in [1.29, 1.82) is 0 Å². The Morgan fingerprint density at radius 2 is 1.80 bits per heavy atom. The monoisotopic (exact) mass is 306 g/mol. The van der Waals surface area contributed by atoms with Crippen LogP contribution in [0.15, 0.2) is 36.7 Å². The summed E-state index contributed by atoms with van der Waals surface area (Å²) in [6.45, 7) is -0.0741. The number of nitrogens with zero attached hydrogens (tertiary/aromatic N) is 2. The summed E-state index contributed by atoms with van der Waals surface area (Å²) in [5.74, 6) is 4.87. The molecule has 1 heterocycles. The smallest absolute Gasteiger partial charge is 0.345 e. The fourth-order valence-electron chi connectivity index (χ4n) is 1.35. The first-order valence-corrected chi connectivity index (χ1v) is 6.31. The van der Waals surface area contributed by atoms with Crippen molar-refractivity contribution in [1.82, 2.24) is 9.97 Å². The van der Waals surface area contributed by atoms with Crippen molar-refractivity contribution in [2.24, 2.45) is 0 Å². The van der Waals surface area contributed by atoms with E-state index in [0.29, 0.717) is 0 Å². The van der Waals surface area contributed by atoms with Gasteiger partial charge in [-0.2, -0.15) is 0 Å². The molecule has 100 valence electrons. The third-order valence-electron chi connectivity index (χ3n) is 2.24. The number of esters is 1. The van der Waals surface area contributed by atoms with Gasteiger partial charge in [-0.25, -0.2) is 14.8 Å². The predicted octanol–water partition coefficient (Wildman–Crippen LogP) is 2.99. The van der Waals surface area contributed by atoms with Gasteiger partial charge < -0.3 is 4.74 Å². The number of halogens is 2. The van der Waals surface area contributed by atoms with Gasteiger partial charge in [-0.1, -0.05) is 53.2 Å². The first kappa shape index (κ1) is 14.3. The van der Waals surface area contributed by atoms with E-state index in [1.807, 2.05) is 30.3 Å². The Kier molecular flexibility index (Phi) is 4.94. The molecule has 2 aromatic rings. The van der Waals surface area contributed by atoms with Gasteiger partial charge in [0, 0.05) is 5.56 Å². The van der Waals surface area contributed by atoms with Crippen molar-refractivity contribution >= 4 is 29.2 Å². The van der Waals surface area contributed by atoms with E-state index in [1.165, 1.54) is 0 Å². The van der Waals surface area contributed by atoms with E-state index >= 15 is 0 Å². The highest BCUT2D eigenvalue weighted by molar-refractivity contribution is 6.37. The zero-order chi connectivity index (χ0) is 14.4. The molecule has 0 bridgehead atoms. The lowest BCUT2D eigenvalue weighted by molar-refractivity contribution is 0.0556. The third kappa shape index (κ3) is 3.70. The summed E-state index contributed by atoms with van der Waals surface area (Å²) in [5, 5.41) is -0.1000. The van der Waals surface area contributed by atoms with E-state index in [0.717, 1.165) is 11.9 Å². The van der Waals surface area contributed by atoms with Crippen molar-refractivity contribution in [3.05, 3.63) is 58.1 Å². The second-order valence-electron chi connectivity index (χ2n) is 3.57. The summed E-state index contributed by atoms with van der Waals surface area (Å²) in [7, 11) is 0. The standard InChI is InChI=1S/C14H8Cl2N2O2/c15-12-11(13(16)18-9-17-12)14(19)20-8-4-7-10-5-2-1-3-6-10/h1-3,5-6,9H,8H2. The number of hydrogen-bond acceptors (Lipinski definition) is 4. The van der Waals surface area contributed by atoms with Crippen LogP contribution in [0.3, 0.4) is 0 Å². The van der Waals surface area contributed by atoms with E-state index < -0.39 is 5.97 Å². The molecule has 1 aromatic carbocycles. The van der Waals surface area contributed by atoms with E-state index in [9.17, 15) is 4.79 Å². The second kappa shape index (κ2) is 6.90. The highest BCUT2D eigenvalue weighted by Crippen LogP contribution is 2.20. The van der Waals surface area contributed by atoms with Crippen molar-refractivity contribution < 1.29 is 9.53 Å². The molecule has 0 saturated heterocycles. The van der Waals surface area contributed by atoms with E-state index in [2.05, 4.69) is 21.8 Å². The molecule has 0 unspecified atom stereocenters. The van der Waals surface area contributed by atoms with Crippen LogP contribution < -0.4 is 0 Å². The van der Waals surface area contributed by atoms with Gasteiger partial charge >= 0.3 is 5.97 Å². The SMILES string of the molecule is O=C(OCC#Cc1ccccc1)c1c(Cl)ncnc1Cl. The number of carbonyl (C=O) groups is 1. The van der Waals surface area contributed by atoms with Gasteiger partial charge in [-0.15, -0.1) is 0 Å². The largest absolute Gasteiger partial charge is 0.449 e. The zero-order valence-electron chi connectivity index (χ0n) is 10.1. The van der Waals surface area contributed by atoms with Crippen LogP contribution in [-0.2, 0) is 4.74 Å². The highest BCUT2D eigenvalue weighted by Gasteiger charge is 2.17. The Balaban J connectivity index is 1.99. The minimum atomic E-state index is -0.706. The molecule has 20 heavy (non-hydrogen) atoms. The summed E-state index contributed by atoms with van der Waals surface area (Å²) in [6, 6.07) is 9.35. The predicted molar refractivity (Wildman–Crippen MR) is 75.7 cm³/mol. The number of carbonyl (C=O) groups excluding carboxylic acids is 1. The van der Waals surface area contributed by atoms with Crippen LogP contribution in [0.25, 0.3) is 0 Å². The van der Waals surface area contributed by atoms with E-state index in [1.54, 1.807) is 0 Å². The lowest BCUT2D eigenvalue weighted by Gasteiger charge is -2.03. The fraction of sp³-hybridized carbons (Fsp3) is 0.0714. The number of rotatable bonds is 2. The molecular formula is C14H8Cl2N2O2. The van der Waals surface area contributed by atoms with Crippen LogP contribution in [0, 0.1) is 11.8 Å². The van der Waals surface area contributed by atoms with Gasteiger partial charge in [0.2, 0.25) is 0 Å². The van der Waals surface area contributed by atoms with E-state index in [4.69, 9.17) is 27.9 Å². The maximum absolute atomic E-state index is 11.8. The number of hydrogen-bond donors (Lipinski definition) is 0. The van der Waals surface area contributed by atoms with Gasteiger partial charge in [0.15, 0.2) is 6.61 Å². The number of ether oxygens (including phenoxy) is 1. The summed E-state index contributed by atoms with van der Waals surface area (Å²) < 4.78 is 4.95. The van der Waals surface area contributed by atoms with Gasteiger partial charge in [0.25, 0.3) is 0 Å². The van der Waals surface area contributed by atoms with Gasteiger partial charge in [-0.05, 0) is 12.1 Å². The topological polar surface area (TPSA) is 52.1 Å². The molecule has 0 aliphatic heterocycles. The van der Waals surface area contributed by atoms with Crippen LogP contribution in [0.4, 0.5) is 0 Å². The first-order chi connectivity index (χ1) is 9.68.